The van der Waals surface area contributed by atoms with E-state index in [2.05, 4.69) is 10.0 Å². The first-order valence-electron chi connectivity index (χ1n) is 10.9. The van der Waals surface area contributed by atoms with Crippen molar-refractivity contribution in [2.45, 2.75) is 50.5 Å². The van der Waals surface area contributed by atoms with E-state index in [1.807, 2.05) is 38.1 Å². The van der Waals surface area contributed by atoms with E-state index in [-0.39, 0.29) is 23.5 Å². The van der Waals surface area contributed by atoms with Crippen molar-refractivity contribution in [1.29, 1.82) is 0 Å². The summed E-state index contributed by atoms with van der Waals surface area (Å²) in [6.45, 7) is 3.78. The van der Waals surface area contributed by atoms with Gasteiger partial charge in [0.05, 0.1) is 4.90 Å². The summed E-state index contributed by atoms with van der Waals surface area (Å²) in [7, 11) is -3.60. The van der Waals surface area contributed by atoms with Crippen molar-refractivity contribution in [2.24, 2.45) is 17.8 Å². The zero-order chi connectivity index (χ0) is 22.0. The Morgan fingerprint density at radius 2 is 1.84 bits per heavy atom. The Morgan fingerprint density at radius 3 is 2.48 bits per heavy atom. The molecule has 2 saturated carbocycles. The fraction of sp³-hybridized carbons (Fsp3) is 0.458. The number of para-hydroxylation sites is 1. The van der Waals surface area contributed by atoms with Crippen LogP contribution in [0, 0.1) is 24.7 Å². The lowest BCUT2D eigenvalue weighted by Crippen LogP contribution is -2.40. The first kappa shape index (κ1) is 21.8. The summed E-state index contributed by atoms with van der Waals surface area (Å²) in [5.41, 5.74) is 1.48. The van der Waals surface area contributed by atoms with E-state index in [0.717, 1.165) is 17.9 Å². The molecule has 2 aliphatic carbocycles. The van der Waals surface area contributed by atoms with Crippen molar-refractivity contribution in [2.75, 3.05) is 11.9 Å². The molecule has 2 bridgehead atoms. The molecule has 2 aliphatic rings. The summed E-state index contributed by atoms with van der Waals surface area (Å²) in [4.78, 5) is 12.4. The molecule has 0 heterocycles. The van der Waals surface area contributed by atoms with Crippen LogP contribution in [0.15, 0.2) is 53.4 Å². The number of nitrogens with one attached hydrogen (secondary N) is 2. The fourth-order valence-electron chi connectivity index (χ4n) is 5.08. The maximum Gasteiger partial charge on any atom is 0.262 e. The van der Waals surface area contributed by atoms with Gasteiger partial charge in [0.2, 0.25) is 10.0 Å². The van der Waals surface area contributed by atoms with Crippen LogP contribution in [0.2, 0.25) is 0 Å². The van der Waals surface area contributed by atoms with E-state index in [4.69, 9.17) is 4.74 Å². The number of aryl methyl sites for hydroxylation is 1. The molecule has 0 aromatic heterocycles. The number of hydrogen-bond acceptors (Lipinski definition) is 4. The number of benzene rings is 2. The summed E-state index contributed by atoms with van der Waals surface area (Å²) >= 11 is 0. The lowest BCUT2D eigenvalue weighted by atomic mass is 9.84. The molecule has 0 spiro atoms. The van der Waals surface area contributed by atoms with Crippen LogP contribution in [0.4, 0.5) is 5.69 Å². The van der Waals surface area contributed by atoms with Gasteiger partial charge in [-0.05, 0) is 86.8 Å². The predicted octanol–water partition coefficient (Wildman–Crippen LogP) is 4.12. The van der Waals surface area contributed by atoms with Crippen LogP contribution in [0.5, 0.6) is 5.75 Å². The second-order valence-electron chi connectivity index (χ2n) is 8.88. The number of anilines is 1. The van der Waals surface area contributed by atoms with Crippen LogP contribution in [0.25, 0.3) is 0 Å². The van der Waals surface area contributed by atoms with Gasteiger partial charge in [0.1, 0.15) is 5.75 Å². The standard InChI is InChI=1S/C24H30N2O4S/c1-16-5-3-4-6-23(16)30-15-24(27)25-20-9-11-21(12-10-20)31(28,29)26-17(2)22-14-18-7-8-19(22)13-18/h3-6,9-12,17-19,22,26H,7-8,13-15H2,1-2H3,(H,25,27)/t17-,18-,19-,22-/m0/s1. The predicted molar refractivity (Wildman–Crippen MR) is 120 cm³/mol. The van der Waals surface area contributed by atoms with Gasteiger partial charge in [-0.2, -0.15) is 0 Å². The summed E-state index contributed by atoms with van der Waals surface area (Å²) in [6, 6.07) is 13.7. The molecule has 0 radical (unpaired) electrons. The number of fused-ring (bicyclic) bond motifs is 2. The topological polar surface area (TPSA) is 84.5 Å². The number of ether oxygens (including phenoxy) is 1. The minimum Gasteiger partial charge on any atom is -0.483 e. The van der Waals surface area contributed by atoms with Gasteiger partial charge in [0.25, 0.3) is 5.91 Å². The Labute approximate surface area is 184 Å². The van der Waals surface area contributed by atoms with Gasteiger partial charge in [0, 0.05) is 11.7 Å². The average molecular weight is 443 g/mol. The maximum atomic E-state index is 12.8. The molecule has 6 nitrogen and oxygen atoms in total. The van der Waals surface area contributed by atoms with Crippen molar-refractivity contribution >= 4 is 21.6 Å². The van der Waals surface area contributed by atoms with Crippen LogP contribution in [-0.4, -0.2) is 27.0 Å². The van der Waals surface area contributed by atoms with Gasteiger partial charge in [-0.1, -0.05) is 24.6 Å². The van der Waals surface area contributed by atoms with Crippen LogP contribution < -0.4 is 14.8 Å². The van der Waals surface area contributed by atoms with Gasteiger partial charge in [0.15, 0.2) is 6.61 Å². The van der Waals surface area contributed by atoms with Crippen LogP contribution in [-0.2, 0) is 14.8 Å². The van der Waals surface area contributed by atoms with Crippen molar-refractivity contribution in [3.05, 3.63) is 54.1 Å². The molecule has 31 heavy (non-hydrogen) atoms. The molecule has 2 fully saturated rings. The number of carbonyl (C=O) groups excluding carboxylic acids is 1. The molecule has 0 aliphatic heterocycles. The van der Waals surface area contributed by atoms with Gasteiger partial charge >= 0.3 is 0 Å². The van der Waals surface area contributed by atoms with E-state index in [0.29, 0.717) is 23.3 Å². The molecule has 2 aromatic carbocycles. The van der Waals surface area contributed by atoms with Crippen molar-refractivity contribution in [1.82, 2.24) is 4.72 Å². The average Bonchev–Trinajstić information content (AvgIpc) is 3.37. The zero-order valence-corrected chi connectivity index (χ0v) is 18.8. The van der Waals surface area contributed by atoms with Crippen LogP contribution in [0.1, 0.15) is 38.2 Å². The lowest BCUT2D eigenvalue weighted by Gasteiger charge is -2.28. The third-order valence-electron chi connectivity index (χ3n) is 6.68. The Bertz CT molecular complexity index is 1040. The number of rotatable bonds is 8. The van der Waals surface area contributed by atoms with Crippen molar-refractivity contribution in [3.8, 4) is 5.75 Å². The molecule has 0 unspecified atom stereocenters. The zero-order valence-electron chi connectivity index (χ0n) is 18.0. The summed E-state index contributed by atoms with van der Waals surface area (Å²) < 4.78 is 34.0. The summed E-state index contributed by atoms with van der Waals surface area (Å²) in [5, 5.41) is 2.73. The maximum absolute atomic E-state index is 12.8. The second kappa shape index (κ2) is 9.01. The van der Waals surface area contributed by atoms with Crippen molar-refractivity contribution in [3.63, 3.8) is 0 Å². The molecule has 0 saturated heterocycles. The molecule has 2 aromatic rings. The van der Waals surface area contributed by atoms with Gasteiger partial charge in [-0.25, -0.2) is 13.1 Å². The third kappa shape index (κ3) is 5.10. The second-order valence-corrected chi connectivity index (χ2v) is 10.6. The molecule has 4 rings (SSSR count). The quantitative estimate of drug-likeness (QED) is 0.644. The Hall–Kier alpha value is -2.38. The molecule has 2 N–H and O–H groups in total. The third-order valence-corrected chi connectivity index (χ3v) is 8.25. The van der Waals surface area contributed by atoms with Gasteiger partial charge in [-0.15, -0.1) is 0 Å². The number of sulfonamides is 1. The highest BCUT2D eigenvalue weighted by molar-refractivity contribution is 7.89. The molecule has 1 amide bonds. The Kier molecular flexibility index (Phi) is 6.34. The highest BCUT2D eigenvalue weighted by atomic mass is 32.2. The van der Waals surface area contributed by atoms with E-state index < -0.39 is 10.0 Å². The molecule has 4 atom stereocenters. The number of carbonyl (C=O) groups is 1. The van der Waals surface area contributed by atoms with Gasteiger partial charge in [-0.3, -0.25) is 4.79 Å². The van der Waals surface area contributed by atoms with Crippen LogP contribution >= 0.6 is 0 Å². The minimum atomic E-state index is -3.60. The highest BCUT2D eigenvalue weighted by Gasteiger charge is 2.42. The first-order valence-corrected chi connectivity index (χ1v) is 12.4. The smallest absolute Gasteiger partial charge is 0.262 e. The number of amides is 1. The Balaban J connectivity index is 1.31. The largest absolute Gasteiger partial charge is 0.483 e. The SMILES string of the molecule is Cc1ccccc1OCC(=O)Nc1ccc(S(=O)(=O)N[C@@H](C)[C@@H]2C[C@H]3CC[C@H]2C3)cc1. The molecular weight excluding hydrogens is 412 g/mol. The monoisotopic (exact) mass is 442 g/mol. The first-order chi connectivity index (χ1) is 14.8. The Morgan fingerprint density at radius 1 is 1.10 bits per heavy atom. The highest BCUT2D eigenvalue weighted by Crippen LogP contribution is 2.49. The normalized spacial score (nSPS) is 23.5. The number of hydrogen-bond donors (Lipinski definition) is 2. The summed E-state index contributed by atoms with van der Waals surface area (Å²) in [6.07, 6.45) is 4.90. The molecular formula is C24H30N2O4S. The van der Waals surface area contributed by atoms with E-state index in [1.165, 1.54) is 31.4 Å². The fourth-order valence-corrected chi connectivity index (χ4v) is 6.38. The minimum absolute atomic E-state index is 0.0710. The molecule has 7 heteroatoms. The van der Waals surface area contributed by atoms with E-state index in [1.54, 1.807) is 12.1 Å². The lowest BCUT2D eigenvalue weighted by molar-refractivity contribution is -0.118. The van der Waals surface area contributed by atoms with Crippen LogP contribution in [0.3, 0.4) is 0 Å². The van der Waals surface area contributed by atoms with E-state index >= 15 is 0 Å². The van der Waals surface area contributed by atoms with E-state index in [9.17, 15) is 13.2 Å². The van der Waals surface area contributed by atoms with Gasteiger partial charge < -0.3 is 10.1 Å². The summed E-state index contributed by atoms with van der Waals surface area (Å²) in [5.74, 6) is 2.22. The molecule has 166 valence electrons. The van der Waals surface area contributed by atoms with Crippen molar-refractivity contribution < 1.29 is 17.9 Å².